The smallest absolute Gasteiger partial charge is 0.273 e. The number of aromatic nitrogens is 1. The summed E-state index contributed by atoms with van der Waals surface area (Å²) >= 11 is 0. The van der Waals surface area contributed by atoms with Gasteiger partial charge >= 0.3 is 0 Å². The zero-order valence-electron chi connectivity index (χ0n) is 10.6. The Bertz CT molecular complexity index is 360. The van der Waals surface area contributed by atoms with Crippen molar-refractivity contribution in [3.8, 4) is 0 Å². The van der Waals surface area contributed by atoms with E-state index in [1.807, 2.05) is 20.8 Å². The zero-order valence-corrected chi connectivity index (χ0v) is 10.6. The van der Waals surface area contributed by atoms with Crippen LogP contribution in [0, 0.1) is 5.92 Å². The maximum absolute atomic E-state index is 11.7. The number of hydrogen-bond donors (Lipinski definition) is 2. The molecule has 5 heteroatoms. The first-order valence-electron chi connectivity index (χ1n) is 5.90. The van der Waals surface area contributed by atoms with Gasteiger partial charge in [0.1, 0.15) is 5.76 Å². The van der Waals surface area contributed by atoms with Gasteiger partial charge in [0.05, 0.1) is 0 Å². The third-order valence-electron chi connectivity index (χ3n) is 2.56. The number of aliphatic hydroxyl groups excluding tert-OH is 1. The maximum Gasteiger partial charge on any atom is 0.273 e. The topological polar surface area (TPSA) is 75.4 Å². The van der Waals surface area contributed by atoms with Crippen LogP contribution in [0.3, 0.4) is 0 Å². The highest BCUT2D eigenvalue weighted by atomic mass is 16.5. The Hall–Kier alpha value is -1.36. The second kappa shape index (κ2) is 6.39. The van der Waals surface area contributed by atoms with Gasteiger partial charge in [0.15, 0.2) is 5.69 Å². The molecule has 5 nitrogen and oxygen atoms in total. The molecule has 0 aromatic carbocycles. The largest absolute Gasteiger partial charge is 0.396 e. The standard InChI is InChI=1S/C12H20N2O3/c1-8(2)11-6-10(14-17-11)12(16)13-7-9(3)4-5-15/h6,8-9,15H,4-5,7H2,1-3H3,(H,13,16). The van der Waals surface area contributed by atoms with Gasteiger partial charge < -0.3 is 14.9 Å². The van der Waals surface area contributed by atoms with E-state index in [1.54, 1.807) is 6.07 Å². The minimum absolute atomic E-state index is 0.137. The van der Waals surface area contributed by atoms with Gasteiger partial charge in [0, 0.05) is 25.1 Å². The van der Waals surface area contributed by atoms with E-state index in [-0.39, 0.29) is 24.3 Å². The molecule has 17 heavy (non-hydrogen) atoms. The Morgan fingerprint density at radius 3 is 2.76 bits per heavy atom. The Morgan fingerprint density at radius 1 is 1.53 bits per heavy atom. The number of rotatable bonds is 6. The molecule has 0 aliphatic carbocycles. The highest BCUT2D eigenvalue weighted by Gasteiger charge is 2.14. The van der Waals surface area contributed by atoms with E-state index in [4.69, 9.17) is 9.63 Å². The third-order valence-corrected chi connectivity index (χ3v) is 2.56. The average molecular weight is 240 g/mol. The van der Waals surface area contributed by atoms with E-state index < -0.39 is 0 Å². The van der Waals surface area contributed by atoms with Gasteiger partial charge in [-0.25, -0.2) is 0 Å². The van der Waals surface area contributed by atoms with Gasteiger partial charge in [-0.15, -0.1) is 0 Å². The number of aliphatic hydroxyl groups is 1. The molecular weight excluding hydrogens is 220 g/mol. The number of nitrogens with zero attached hydrogens (tertiary/aromatic N) is 1. The van der Waals surface area contributed by atoms with Gasteiger partial charge in [-0.05, 0) is 12.3 Å². The molecule has 1 rings (SSSR count). The molecule has 0 saturated heterocycles. The Kier molecular flexibility index (Phi) is 5.15. The highest BCUT2D eigenvalue weighted by Crippen LogP contribution is 2.14. The van der Waals surface area contributed by atoms with Crippen molar-refractivity contribution >= 4 is 5.91 Å². The molecule has 0 spiro atoms. The van der Waals surface area contributed by atoms with Crippen LogP contribution in [0.4, 0.5) is 0 Å². The van der Waals surface area contributed by atoms with E-state index in [0.717, 1.165) is 0 Å². The van der Waals surface area contributed by atoms with Crippen molar-refractivity contribution in [3.05, 3.63) is 17.5 Å². The van der Waals surface area contributed by atoms with Gasteiger partial charge in [0.25, 0.3) is 5.91 Å². The quantitative estimate of drug-likeness (QED) is 0.791. The molecule has 0 saturated carbocycles. The van der Waals surface area contributed by atoms with Gasteiger partial charge in [0.2, 0.25) is 0 Å². The van der Waals surface area contributed by atoms with Crippen LogP contribution in [0.25, 0.3) is 0 Å². The van der Waals surface area contributed by atoms with Crippen LogP contribution in [-0.2, 0) is 0 Å². The Labute approximate surface area is 101 Å². The average Bonchev–Trinajstić information content (AvgIpc) is 2.75. The lowest BCUT2D eigenvalue weighted by molar-refractivity contribution is 0.0936. The molecule has 0 bridgehead atoms. The van der Waals surface area contributed by atoms with E-state index in [1.165, 1.54) is 0 Å². The lowest BCUT2D eigenvalue weighted by Gasteiger charge is -2.09. The van der Waals surface area contributed by atoms with Crippen molar-refractivity contribution < 1.29 is 14.4 Å². The molecule has 0 aliphatic heterocycles. The number of carbonyl (C=O) groups is 1. The van der Waals surface area contributed by atoms with Crippen molar-refractivity contribution in [1.82, 2.24) is 10.5 Å². The molecule has 96 valence electrons. The molecular formula is C12H20N2O3. The molecule has 1 amide bonds. The molecule has 1 aromatic heterocycles. The second-order valence-electron chi connectivity index (χ2n) is 4.60. The van der Waals surface area contributed by atoms with Crippen LogP contribution >= 0.6 is 0 Å². The third kappa shape index (κ3) is 4.19. The fourth-order valence-corrected chi connectivity index (χ4v) is 1.35. The molecule has 2 N–H and O–H groups in total. The maximum atomic E-state index is 11.7. The molecule has 1 heterocycles. The van der Waals surface area contributed by atoms with Crippen molar-refractivity contribution in [2.45, 2.75) is 33.1 Å². The van der Waals surface area contributed by atoms with Crippen molar-refractivity contribution in [1.29, 1.82) is 0 Å². The summed E-state index contributed by atoms with van der Waals surface area (Å²) in [6, 6.07) is 1.66. The van der Waals surface area contributed by atoms with E-state index in [0.29, 0.717) is 24.4 Å². The summed E-state index contributed by atoms with van der Waals surface area (Å²) in [5, 5.41) is 15.2. The van der Waals surface area contributed by atoms with Crippen molar-refractivity contribution in [3.63, 3.8) is 0 Å². The van der Waals surface area contributed by atoms with E-state index >= 15 is 0 Å². The van der Waals surface area contributed by atoms with Gasteiger partial charge in [-0.3, -0.25) is 4.79 Å². The SMILES string of the molecule is CC(CCO)CNC(=O)c1cc(C(C)C)on1. The normalized spacial score (nSPS) is 12.8. The predicted molar refractivity (Wildman–Crippen MR) is 63.8 cm³/mol. The molecule has 0 aliphatic rings. The van der Waals surface area contributed by atoms with Crippen molar-refractivity contribution in [2.75, 3.05) is 13.2 Å². The van der Waals surface area contributed by atoms with Crippen LogP contribution in [0.5, 0.6) is 0 Å². The van der Waals surface area contributed by atoms with Crippen LogP contribution in [0.15, 0.2) is 10.6 Å². The fourth-order valence-electron chi connectivity index (χ4n) is 1.35. The molecule has 0 fully saturated rings. The minimum Gasteiger partial charge on any atom is -0.396 e. The number of hydrogen-bond acceptors (Lipinski definition) is 4. The lowest BCUT2D eigenvalue weighted by Crippen LogP contribution is -2.28. The van der Waals surface area contributed by atoms with Gasteiger partial charge in [-0.1, -0.05) is 25.9 Å². The predicted octanol–water partition coefficient (Wildman–Crippen LogP) is 1.55. The van der Waals surface area contributed by atoms with Crippen molar-refractivity contribution in [2.24, 2.45) is 5.92 Å². The first kappa shape index (κ1) is 13.7. The monoisotopic (exact) mass is 240 g/mol. The summed E-state index contributed by atoms with van der Waals surface area (Å²) in [5.41, 5.74) is 0.310. The van der Waals surface area contributed by atoms with E-state index in [2.05, 4.69) is 10.5 Å². The summed E-state index contributed by atoms with van der Waals surface area (Å²) in [6.07, 6.45) is 0.677. The highest BCUT2D eigenvalue weighted by molar-refractivity contribution is 5.92. The van der Waals surface area contributed by atoms with E-state index in [9.17, 15) is 4.79 Å². The molecule has 0 radical (unpaired) electrons. The lowest BCUT2D eigenvalue weighted by atomic mass is 10.1. The summed E-state index contributed by atoms with van der Waals surface area (Å²) in [5.74, 6) is 0.946. The molecule has 1 unspecified atom stereocenters. The van der Waals surface area contributed by atoms with Crippen LogP contribution in [-0.4, -0.2) is 29.3 Å². The second-order valence-corrected chi connectivity index (χ2v) is 4.60. The van der Waals surface area contributed by atoms with Gasteiger partial charge in [-0.2, -0.15) is 0 Å². The molecule has 1 atom stereocenters. The fraction of sp³-hybridized carbons (Fsp3) is 0.667. The first-order chi connectivity index (χ1) is 8.04. The van der Waals surface area contributed by atoms with Crippen LogP contribution in [0.1, 0.15) is 49.4 Å². The summed E-state index contributed by atoms with van der Waals surface area (Å²) < 4.78 is 5.05. The minimum atomic E-state index is -0.231. The number of amides is 1. The Morgan fingerprint density at radius 2 is 2.24 bits per heavy atom. The summed E-state index contributed by atoms with van der Waals surface area (Å²) in [7, 11) is 0. The first-order valence-corrected chi connectivity index (χ1v) is 5.90. The summed E-state index contributed by atoms with van der Waals surface area (Å²) in [6.45, 7) is 6.59. The zero-order chi connectivity index (χ0) is 12.8. The Balaban J connectivity index is 2.46. The van der Waals surface area contributed by atoms with Crippen LogP contribution in [0.2, 0.25) is 0 Å². The number of carbonyl (C=O) groups excluding carboxylic acids is 1. The molecule has 1 aromatic rings. The van der Waals surface area contributed by atoms with Crippen LogP contribution < -0.4 is 5.32 Å². The summed E-state index contributed by atoms with van der Waals surface area (Å²) in [4.78, 5) is 11.7. The number of nitrogens with one attached hydrogen (secondary N) is 1.